The van der Waals surface area contributed by atoms with Gasteiger partial charge in [0, 0.05) is 22.9 Å². The monoisotopic (exact) mass is 265 g/mol. The van der Waals surface area contributed by atoms with Gasteiger partial charge in [0.25, 0.3) is 0 Å². The predicted octanol–water partition coefficient (Wildman–Crippen LogP) is 3.72. The minimum Gasteiger partial charge on any atom is -0.508 e. The van der Waals surface area contributed by atoms with E-state index in [0.717, 1.165) is 10.8 Å². The minimum absolute atomic E-state index is 0.217. The topological polar surface area (TPSA) is 32.3 Å². The first-order valence-corrected chi connectivity index (χ1v) is 7.92. The van der Waals surface area contributed by atoms with E-state index in [1.165, 1.54) is 25.0 Å². The number of hydrogen-bond donors (Lipinski definition) is 2. The van der Waals surface area contributed by atoms with Gasteiger partial charge in [-0.05, 0) is 31.6 Å². The second-order valence-corrected chi connectivity index (χ2v) is 6.49. The first kappa shape index (κ1) is 13.8. The van der Waals surface area contributed by atoms with Gasteiger partial charge in [0.1, 0.15) is 5.75 Å². The largest absolute Gasteiger partial charge is 0.508 e. The van der Waals surface area contributed by atoms with Crippen LogP contribution in [0.1, 0.15) is 44.7 Å². The molecule has 3 heteroatoms. The van der Waals surface area contributed by atoms with E-state index in [9.17, 15) is 5.11 Å². The SMILES string of the molecule is CCSC1CCCC1NC(C)c1ccccc1O. The molecule has 0 aromatic heterocycles. The standard InChI is InChI=1S/C15H23NOS/c1-3-18-15-10-6-8-13(15)16-11(2)12-7-4-5-9-14(12)17/h4-5,7,9,11,13,15-17H,3,6,8,10H2,1-2H3. The molecule has 0 amide bonds. The van der Waals surface area contributed by atoms with E-state index in [0.29, 0.717) is 11.8 Å². The fraction of sp³-hybridized carbons (Fsp3) is 0.600. The third-order valence-electron chi connectivity index (χ3n) is 3.70. The van der Waals surface area contributed by atoms with E-state index in [1.54, 1.807) is 6.07 Å². The van der Waals surface area contributed by atoms with Crippen molar-refractivity contribution in [3.8, 4) is 5.75 Å². The average molecular weight is 265 g/mol. The van der Waals surface area contributed by atoms with E-state index in [-0.39, 0.29) is 6.04 Å². The second kappa shape index (κ2) is 6.48. The molecule has 1 fully saturated rings. The van der Waals surface area contributed by atoms with Crippen molar-refractivity contribution >= 4 is 11.8 Å². The summed E-state index contributed by atoms with van der Waals surface area (Å²) in [7, 11) is 0. The zero-order chi connectivity index (χ0) is 13.0. The Bertz CT molecular complexity index is 383. The third-order valence-corrected chi connectivity index (χ3v) is 5.03. The summed E-state index contributed by atoms with van der Waals surface area (Å²) in [6, 6.07) is 8.43. The number of rotatable bonds is 5. The Morgan fingerprint density at radius 1 is 1.39 bits per heavy atom. The summed E-state index contributed by atoms with van der Waals surface area (Å²) >= 11 is 2.06. The maximum Gasteiger partial charge on any atom is 0.120 e. The molecular weight excluding hydrogens is 242 g/mol. The number of phenolic OH excluding ortho intramolecular Hbond substituents is 1. The van der Waals surface area contributed by atoms with Crippen LogP contribution >= 0.6 is 11.8 Å². The number of thioether (sulfide) groups is 1. The van der Waals surface area contributed by atoms with Crippen molar-refractivity contribution in [2.75, 3.05) is 5.75 Å². The van der Waals surface area contributed by atoms with Crippen LogP contribution in [0.15, 0.2) is 24.3 Å². The fourth-order valence-electron chi connectivity index (χ4n) is 2.79. The lowest BCUT2D eigenvalue weighted by atomic mass is 10.1. The second-order valence-electron chi connectivity index (χ2n) is 4.98. The molecule has 1 aromatic rings. The first-order valence-electron chi connectivity index (χ1n) is 6.88. The molecule has 100 valence electrons. The molecule has 0 bridgehead atoms. The van der Waals surface area contributed by atoms with E-state index in [2.05, 4.69) is 30.9 Å². The molecule has 0 saturated heterocycles. The van der Waals surface area contributed by atoms with Gasteiger partial charge in [-0.2, -0.15) is 11.8 Å². The summed E-state index contributed by atoms with van der Waals surface area (Å²) in [5.41, 5.74) is 1.00. The molecule has 2 nitrogen and oxygen atoms in total. The van der Waals surface area contributed by atoms with Gasteiger partial charge in [0.15, 0.2) is 0 Å². The highest BCUT2D eigenvalue weighted by Gasteiger charge is 2.28. The van der Waals surface area contributed by atoms with Crippen LogP contribution in [0.25, 0.3) is 0 Å². The summed E-state index contributed by atoms with van der Waals surface area (Å²) < 4.78 is 0. The van der Waals surface area contributed by atoms with Crippen LogP contribution < -0.4 is 5.32 Å². The summed E-state index contributed by atoms with van der Waals surface area (Å²) in [5.74, 6) is 1.59. The van der Waals surface area contributed by atoms with Crippen LogP contribution in [-0.2, 0) is 0 Å². The van der Waals surface area contributed by atoms with E-state index >= 15 is 0 Å². The van der Waals surface area contributed by atoms with Crippen molar-refractivity contribution in [1.82, 2.24) is 5.32 Å². The lowest BCUT2D eigenvalue weighted by Gasteiger charge is -2.25. The van der Waals surface area contributed by atoms with Crippen molar-refractivity contribution in [2.24, 2.45) is 0 Å². The maximum atomic E-state index is 9.88. The smallest absolute Gasteiger partial charge is 0.120 e. The number of benzene rings is 1. The molecule has 1 saturated carbocycles. The molecule has 1 aromatic carbocycles. The zero-order valence-electron chi connectivity index (χ0n) is 11.2. The molecule has 3 atom stereocenters. The van der Waals surface area contributed by atoms with Crippen molar-refractivity contribution < 1.29 is 5.11 Å². The fourth-order valence-corrected chi connectivity index (χ4v) is 4.00. The number of para-hydroxylation sites is 1. The van der Waals surface area contributed by atoms with Gasteiger partial charge in [-0.3, -0.25) is 0 Å². The van der Waals surface area contributed by atoms with Gasteiger partial charge in [-0.1, -0.05) is 31.5 Å². The van der Waals surface area contributed by atoms with Crippen LogP contribution in [0.5, 0.6) is 5.75 Å². The highest BCUT2D eigenvalue weighted by atomic mass is 32.2. The van der Waals surface area contributed by atoms with Crippen LogP contribution in [-0.4, -0.2) is 22.2 Å². The van der Waals surface area contributed by atoms with Crippen LogP contribution in [0.3, 0.4) is 0 Å². The zero-order valence-corrected chi connectivity index (χ0v) is 12.0. The molecule has 2 N–H and O–H groups in total. The summed E-state index contributed by atoms with van der Waals surface area (Å²) in [5, 5.41) is 14.3. The van der Waals surface area contributed by atoms with Crippen molar-refractivity contribution in [3.05, 3.63) is 29.8 Å². The molecule has 0 aliphatic heterocycles. The van der Waals surface area contributed by atoms with Crippen LogP contribution in [0, 0.1) is 0 Å². The van der Waals surface area contributed by atoms with Crippen molar-refractivity contribution in [3.63, 3.8) is 0 Å². The van der Waals surface area contributed by atoms with Gasteiger partial charge in [0.2, 0.25) is 0 Å². The normalized spacial score (nSPS) is 25.2. The highest BCUT2D eigenvalue weighted by Crippen LogP contribution is 2.32. The summed E-state index contributed by atoms with van der Waals surface area (Å²) in [6.07, 6.45) is 3.90. The molecule has 2 rings (SSSR count). The van der Waals surface area contributed by atoms with Crippen molar-refractivity contribution in [1.29, 1.82) is 0 Å². The Balaban J connectivity index is 1.98. The van der Waals surface area contributed by atoms with Gasteiger partial charge in [-0.25, -0.2) is 0 Å². The average Bonchev–Trinajstić information content (AvgIpc) is 2.78. The Kier molecular flexibility index (Phi) is 4.95. The van der Waals surface area contributed by atoms with Crippen molar-refractivity contribution in [2.45, 2.75) is 50.4 Å². The molecule has 0 heterocycles. The van der Waals surface area contributed by atoms with Gasteiger partial charge in [-0.15, -0.1) is 0 Å². The van der Waals surface area contributed by atoms with Gasteiger partial charge in [0.05, 0.1) is 0 Å². The molecule has 0 spiro atoms. The Labute approximate surface area is 114 Å². The van der Waals surface area contributed by atoms with Gasteiger partial charge < -0.3 is 10.4 Å². The molecule has 18 heavy (non-hydrogen) atoms. The maximum absolute atomic E-state index is 9.88. The number of phenols is 1. The van der Waals surface area contributed by atoms with Gasteiger partial charge >= 0.3 is 0 Å². The lowest BCUT2D eigenvalue weighted by molar-refractivity contribution is 0.429. The van der Waals surface area contributed by atoms with E-state index < -0.39 is 0 Å². The minimum atomic E-state index is 0.217. The predicted molar refractivity (Wildman–Crippen MR) is 79.2 cm³/mol. The summed E-state index contributed by atoms with van der Waals surface area (Å²) in [4.78, 5) is 0. The third kappa shape index (κ3) is 3.21. The Morgan fingerprint density at radius 2 is 2.17 bits per heavy atom. The molecule has 1 aliphatic carbocycles. The molecule has 3 unspecified atom stereocenters. The van der Waals surface area contributed by atoms with E-state index in [1.807, 2.05) is 18.2 Å². The van der Waals surface area contributed by atoms with Crippen LogP contribution in [0.4, 0.5) is 0 Å². The molecule has 1 aliphatic rings. The number of nitrogens with one attached hydrogen (secondary N) is 1. The number of hydrogen-bond acceptors (Lipinski definition) is 3. The lowest BCUT2D eigenvalue weighted by Crippen LogP contribution is -2.36. The molecular formula is C15H23NOS. The quantitative estimate of drug-likeness (QED) is 0.851. The number of aromatic hydroxyl groups is 1. The van der Waals surface area contributed by atoms with Crippen LogP contribution in [0.2, 0.25) is 0 Å². The highest BCUT2D eigenvalue weighted by molar-refractivity contribution is 7.99. The Hall–Kier alpha value is -0.670. The first-order chi connectivity index (χ1) is 8.72. The Morgan fingerprint density at radius 3 is 2.89 bits per heavy atom. The van der Waals surface area contributed by atoms with E-state index in [4.69, 9.17) is 0 Å². The summed E-state index contributed by atoms with van der Waals surface area (Å²) in [6.45, 7) is 4.37. The molecule has 0 radical (unpaired) electrons.